The Morgan fingerprint density at radius 2 is 1.96 bits per heavy atom. The zero-order valence-corrected chi connectivity index (χ0v) is 16.3. The van der Waals surface area contributed by atoms with Crippen LogP contribution in [-0.4, -0.2) is 34.8 Å². The number of nitrogens with zero attached hydrogens (tertiary/aromatic N) is 2. The van der Waals surface area contributed by atoms with E-state index in [2.05, 4.69) is 10.3 Å². The molecule has 2 amide bonds. The Bertz CT molecular complexity index is 892. The predicted molar refractivity (Wildman–Crippen MR) is 100 cm³/mol. The number of hydrogen-bond acceptors (Lipinski definition) is 4. The molecule has 1 aliphatic rings. The highest BCUT2D eigenvalue weighted by Gasteiger charge is 2.47. The van der Waals surface area contributed by atoms with Crippen LogP contribution >= 0.6 is 11.3 Å². The number of thiazole rings is 1. The van der Waals surface area contributed by atoms with Gasteiger partial charge in [-0.25, -0.2) is 9.37 Å². The van der Waals surface area contributed by atoms with Crippen LogP contribution in [0.25, 0.3) is 0 Å². The molecule has 0 saturated carbocycles. The molecule has 9 heteroatoms. The summed E-state index contributed by atoms with van der Waals surface area (Å²) in [5.74, 6) is -5.72. The van der Waals surface area contributed by atoms with Gasteiger partial charge < -0.3 is 10.2 Å². The van der Waals surface area contributed by atoms with Gasteiger partial charge in [0.05, 0.1) is 6.20 Å². The normalized spacial score (nSPS) is 15.5. The molecule has 1 fully saturated rings. The van der Waals surface area contributed by atoms with Gasteiger partial charge in [-0.3, -0.25) is 9.59 Å². The molecule has 0 atom stereocenters. The largest absolute Gasteiger partial charge is 0.375 e. The van der Waals surface area contributed by atoms with Crippen molar-refractivity contribution in [1.82, 2.24) is 9.88 Å². The first-order valence-electron chi connectivity index (χ1n) is 8.89. The van der Waals surface area contributed by atoms with Gasteiger partial charge in [0.25, 0.3) is 5.91 Å². The summed E-state index contributed by atoms with van der Waals surface area (Å²) in [4.78, 5) is 29.3. The maximum absolute atomic E-state index is 14.6. The summed E-state index contributed by atoms with van der Waals surface area (Å²) < 4.78 is 42.5. The third kappa shape index (κ3) is 4.19. The second-order valence-electron chi connectivity index (χ2n) is 7.00. The fraction of sp³-hybridized carbons (Fsp3) is 0.421. The minimum atomic E-state index is -3.78. The molecule has 2 heterocycles. The molecule has 0 radical (unpaired) electrons. The SMILES string of the molecule is Cc1cc(NC(=O)c2cnc(C(F)(F)C(=O)N3CCC(C)CC3)s2)ccc1F. The van der Waals surface area contributed by atoms with Crippen molar-refractivity contribution in [3.05, 3.63) is 45.7 Å². The smallest absolute Gasteiger partial charge is 0.337 e. The van der Waals surface area contributed by atoms with Crippen LogP contribution in [-0.2, 0) is 10.7 Å². The van der Waals surface area contributed by atoms with Crippen molar-refractivity contribution in [2.75, 3.05) is 18.4 Å². The van der Waals surface area contributed by atoms with Crippen molar-refractivity contribution in [1.29, 1.82) is 0 Å². The molecule has 1 aromatic heterocycles. The van der Waals surface area contributed by atoms with Crippen LogP contribution in [0, 0.1) is 18.7 Å². The average molecular weight is 411 g/mol. The summed E-state index contributed by atoms with van der Waals surface area (Å²) in [6.07, 6.45) is 2.39. The highest BCUT2D eigenvalue weighted by atomic mass is 32.1. The number of piperidine rings is 1. The molecule has 5 nitrogen and oxygen atoms in total. The number of amides is 2. The first kappa shape index (κ1) is 20.3. The summed E-state index contributed by atoms with van der Waals surface area (Å²) in [6.45, 7) is 4.15. The van der Waals surface area contributed by atoms with Crippen LogP contribution in [0.2, 0.25) is 0 Å². The molecule has 150 valence electrons. The van der Waals surface area contributed by atoms with Gasteiger partial charge in [0.2, 0.25) is 0 Å². The zero-order chi connectivity index (χ0) is 20.5. The lowest BCUT2D eigenvalue weighted by Gasteiger charge is -2.32. The molecule has 1 aromatic carbocycles. The summed E-state index contributed by atoms with van der Waals surface area (Å²) in [7, 11) is 0. The molecule has 1 saturated heterocycles. The molecular weight excluding hydrogens is 391 g/mol. The van der Waals surface area contributed by atoms with Crippen LogP contribution in [0.1, 0.15) is 40.0 Å². The Kier molecular flexibility index (Phi) is 5.74. The van der Waals surface area contributed by atoms with Gasteiger partial charge in [-0.1, -0.05) is 6.92 Å². The molecular formula is C19H20F3N3O2S. The Balaban J connectivity index is 1.71. The van der Waals surface area contributed by atoms with E-state index in [1.54, 1.807) is 6.92 Å². The second-order valence-corrected chi connectivity index (χ2v) is 8.03. The number of alkyl halides is 2. The Labute approximate surface area is 164 Å². The zero-order valence-electron chi connectivity index (χ0n) is 15.5. The van der Waals surface area contributed by atoms with Gasteiger partial charge in [-0.05, 0) is 49.4 Å². The van der Waals surface area contributed by atoms with Gasteiger partial charge in [-0.2, -0.15) is 8.78 Å². The van der Waals surface area contributed by atoms with E-state index in [1.807, 2.05) is 6.92 Å². The molecule has 2 aromatic rings. The number of nitrogens with one attached hydrogen (secondary N) is 1. The van der Waals surface area contributed by atoms with Crippen molar-refractivity contribution in [3.63, 3.8) is 0 Å². The maximum Gasteiger partial charge on any atom is 0.375 e. The fourth-order valence-corrected chi connectivity index (χ4v) is 3.72. The molecule has 0 spiro atoms. The highest BCUT2D eigenvalue weighted by molar-refractivity contribution is 7.14. The van der Waals surface area contributed by atoms with Gasteiger partial charge in [0.1, 0.15) is 10.7 Å². The lowest BCUT2D eigenvalue weighted by molar-refractivity contribution is -0.160. The van der Waals surface area contributed by atoms with E-state index in [0.29, 0.717) is 41.3 Å². The minimum absolute atomic E-state index is 0.0586. The minimum Gasteiger partial charge on any atom is -0.337 e. The first-order valence-corrected chi connectivity index (χ1v) is 9.71. The number of halogens is 3. The Morgan fingerprint density at radius 3 is 2.61 bits per heavy atom. The number of carbonyl (C=O) groups is 2. The number of carbonyl (C=O) groups excluding carboxylic acids is 2. The standard InChI is InChI=1S/C19H20F3N3O2S/c1-11-5-7-25(8-6-11)18(27)19(21,22)17-23-10-15(28-17)16(26)24-13-3-4-14(20)12(2)9-13/h3-4,9-11H,5-8H2,1-2H3,(H,24,26). The van der Waals surface area contributed by atoms with Gasteiger partial charge in [-0.15, -0.1) is 11.3 Å². The highest BCUT2D eigenvalue weighted by Crippen LogP contribution is 2.34. The number of aryl methyl sites for hydroxylation is 1. The average Bonchev–Trinajstić information content (AvgIpc) is 3.16. The summed E-state index contributed by atoms with van der Waals surface area (Å²) in [5.41, 5.74) is 0.680. The quantitative estimate of drug-likeness (QED) is 0.821. The number of benzene rings is 1. The molecule has 0 bridgehead atoms. The van der Waals surface area contributed by atoms with E-state index < -0.39 is 28.6 Å². The van der Waals surface area contributed by atoms with Crippen molar-refractivity contribution in [2.24, 2.45) is 5.92 Å². The van der Waals surface area contributed by atoms with Crippen molar-refractivity contribution >= 4 is 28.8 Å². The van der Waals surface area contributed by atoms with Crippen LogP contribution in [0.5, 0.6) is 0 Å². The number of anilines is 1. The molecule has 0 unspecified atom stereocenters. The molecule has 1 N–H and O–H groups in total. The van der Waals surface area contributed by atoms with Crippen molar-refractivity contribution in [2.45, 2.75) is 32.6 Å². The number of aromatic nitrogens is 1. The van der Waals surface area contributed by atoms with Gasteiger partial charge in [0, 0.05) is 18.8 Å². The van der Waals surface area contributed by atoms with E-state index in [0.717, 1.165) is 11.1 Å². The molecule has 3 rings (SSSR count). The van der Waals surface area contributed by atoms with Crippen molar-refractivity contribution in [3.8, 4) is 0 Å². The van der Waals surface area contributed by atoms with E-state index in [9.17, 15) is 22.8 Å². The van der Waals surface area contributed by atoms with Crippen molar-refractivity contribution < 1.29 is 22.8 Å². The lowest BCUT2D eigenvalue weighted by atomic mass is 9.99. The van der Waals surface area contributed by atoms with Crippen LogP contribution in [0.4, 0.5) is 18.9 Å². The maximum atomic E-state index is 14.6. The van der Waals surface area contributed by atoms with E-state index in [4.69, 9.17) is 0 Å². The molecule has 28 heavy (non-hydrogen) atoms. The van der Waals surface area contributed by atoms with E-state index >= 15 is 0 Å². The Morgan fingerprint density at radius 1 is 1.29 bits per heavy atom. The van der Waals surface area contributed by atoms with Crippen LogP contribution in [0.15, 0.2) is 24.4 Å². The van der Waals surface area contributed by atoms with Gasteiger partial charge >= 0.3 is 11.8 Å². The number of hydrogen-bond donors (Lipinski definition) is 1. The van der Waals surface area contributed by atoms with Crippen LogP contribution < -0.4 is 5.32 Å². The topological polar surface area (TPSA) is 62.3 Å². The first-order chi connectivity index (χ1) is 13.2. The third-order valence-electron chi connectivity index (χ3n) is 4.75. The third-order valence-corrected chi connectivity index (χ3v) is 5.82. The van der Waals surface area contributed by atoms with Crippen LogP contribution in [0.3, 0.4) is 0 Å². The summed E-state index contributed by atoms with van der Waals surface area (Å²) >= 11 is 0.473. The monoisotopic (exact) mass is 411 g/mol. The summed E-state index contributed by atoms with van der Waals surface area (Å²) in [6, 6.07) is 4.01. The number of rotatable bonds is 4. The fourth-order valence-electron chi connectivity index (χ4n) is 2.94. The van der Waals surface area contributed by atoms with E-state index in [-0.39, 0.29) is 18.0 Å². The predicted octanol–water partition coefficient (Wildman–Crippen LogP) is 4.19. The van der Waals surface area contributed by atoms with Gasteiger partial charge in [0.15, 0.2) is 5.01 Å². The lowest BCUT2D eigenvalue weighted by Crippen LogP contribution is -2.45. The molecule has 0 aliphatic carbocycles. The van der Waals surface area contributed by atoms with E-state index in [1.165, 1.54) is 18.2 Å². The Hall–Kier alpha value is -2.42. The molecule has 1 aliphatic heterocycles. The summed E-state index contributed by atoms with van der Waals surface area (Å²) in [5, 5.41) is 1.80. The number of likely N-dealkylation sites (tertiary alicyclic amines) is 1. The second kappa shape index (κ2) is 7.90.